The maximum absolute atomic E-state index is 5.72. The summed E-state index contributed by atoms with van der Waals surface area (Å²) in [5.74, 6) is 0.523. The molecule has 0 aromatic carbocycles. The summed E-state index contributed by atoms with van der Waals surface area (Å²) in [6, 6.07) is 0. The number of methoxy groups -OCH3 is 1. The van der Waals surface area contributed by atoms with Crippen molar-refractivity contribution in [2.24, 2.45) is 0 Å². The van der Waals surface area contributed by atoms with Crippen molar-refractivity contribution in [2.45, 2.75) is 26.9 Å². The van der Waals surface area contributed by atoms with Gasteiger partial charge in [-0.05, 0) is 11.6 Å². The number of ether oxygens (including phenoxy) is 2. The average molecular weight is 231 g/mol. The summed E-state index contributed by atoms with van der Waals surface area (Å²) in [4.78, 5) is 8.07. The molecule has 0 saturated carbocycles. The van der Waals surface area contributed by atoms with Crippen molar-refractivity contribution in [3.05, 3.63) is 16.5 Å². The molecule has 4 nitrogen and oxygen atoms in total. The second-order valence-corrected chi connectivity index (χ2v) is 3.07. The Bertz CT molecular complexity index is 314. The lowest BCUT2D eigenvalue weighted by Gasteiger charge is -2.17. The molecule has 2 rings (SSSR count). The molecule has 5 heteroatoms. The van der Waals surface area contributed by atoms with Crippen molar-refractivity contribution in [3.63, 3.8) is 0 Å². The van der Waals surface area contributed by atoms with E-state index in [1.54, 1.807) is 7.11 Å². The van der Waals surface area contributed by atoms with E-state index in [9.17, 15) is 0 Å². The fraction of sp³-hybridized carbons (Fsp3) is 0.600. The van der Waals surface area contributed by atoms with Gasteiger partial charge in [0.05, 0.1) is 31.6 Å². The molecule has 15 heavy (non-hydrogen) atoms. The number of fused-ring (bicyclic) bond motifs is 1. The Labute approximate surface area is 94.6 Å². The second-order valence-electron chi connectivity index (χ2n) is 2.73. The molecule has 0 bridgehead atoms. The zero-order valence-corrected chi connectivity index (χ0v) is 9.97. The Morgan fingerprint density at radius 1 is 1.33 bits per heavy atom. The molecule has 84 valence electrons. The van der Waals surface area contributed by atoms with E-state index in [4.69, 9.17) is 21.1 Å². The summed E-state index contributed by atoms with van der Waals surface area (Å²) in [5, 5.41) is 0.234. The fourth-order valence-corrected chi connectivity index (χ4v) is 1.52. The van der Waals surface area contributed by atoms with E-state index in [2.05, 4.69) is 9.97 Å². The van der Waals surface area contributed by atoms with Crippen LogP contribution in [0.4, 0.5) is 0 Å². The summed E-state index contributed by atoms with van der Waals surface area (Å²) in [6.07, 6.45) is 0.772. The van der Waals surface area contributed by atoms with Crippen LogP contribution in [0.2, 0.25) is 5.28 Å². The Balaban J connectivity index is 0.000000531. The fourth-order valence-electron chi connectivity index (χ4n) is 1.34. The van der Waals surface area contributed by atoms with Gasteiger partial charge < -0.3 is 9.47 Å². The van der Waals surface area contributed by atoms with Crippen LogP contribution in [0.3, 0.4) is 0 Å². The zero-order chi connectivity index (χ0) is 11.3. The number of halogens is 1. The SMILES string of the molecule is CC.COc1nc(Cl)nc2c1COCC2. The van der Waals surface area contributed by atoms with Gasteiger partial charge >= 0.3 is 0 Å². The normalized spacial score (nSPS) is 13.6. The van der Waals surface area contributed by atoms with Gasteiger partial charge in [0.15, 0.2) is 0 Å². The summed E-state index contributed by atoms with van der Waals surface area (Å²) in [5.41, 5.74) is 1.85. The maximum Gasteiger partial charge on any atom is 0.225 e. The van der Waals surface area contributed by atoms with Gasteiger partial charge in [0.25, 0.3) is 0 Å². The van der Waals surface area contributed by atoms with Crippen molar-refractivity contribution in [3.8, 4) is 5.88 Å². The minimum atomic E-state index is 0.234. The smallest absolute Gasteiger partial charge is 0.225 e. The predicted molar refractivity (Wildman–Crippen MR) is 58.3 cm³/mol. The third kappa shape index (κ3) is 2.79. The lowest BCUT2D eigenvalue weighted by molar-refractivity contribution is 0.106. The molecule has 0 N–H and O–H groups in total. The van der Waals surface area contributed by atoms with Crippen LogP contribution in [0.25, 0.3) is 0 Å². The number of hydrogen-bond acceptors (Lipinski definition) is 4. The van der Waals surface area contributed by atoms with E-state index in [0.29, 0.717) is 19.1 Å². The first kappa shape index (κ1) is 12.2. The molecule has 0 radical (unpaired) electrons. The van der Waals surface area contributed by atoms with Gasteiger partial charge in [-0.2, -0.15) is 4.98 Å². The molecule has 0 atom stereocenters. The van der Waals surface area contributed by atoms with Gasteiger partial charge in [-0.1, -0.05) is 13.8 Å². The molecule has 0 aliphatic carbocycles. The molecule has 1 aliphatic heterocycles. The maximum atomic E-state index is 5.72. The van der Waals surface area contributed by atoms with Gasteiger partial charge in [-0.15, -0.1) is 0 Å². The highest BCUT2D eigenvalue weighted by molar-refractivity contribution is 6.28. The van der Waals surface area contributed by atoms with Crippen molar-refractivity contribution in [1.29, 1.82) is 0 Å². The highest BCUT2D eigenvalue weighted by atomic mass is 35.5. The van der Waals surface area contributed by atoms with Crippen LogP contribution in [0.5, 0.6) is 5.88 Å². The third-order valence-corrected chi connectivity index (χ3v) is 2.12. The Morgan fingerprint density at radius 3 is 2.73 bits per heavy atom. The van der Waals surface area contributed by atoms with Crippen molar-refractivity contribution in [1.82, 2.24) is 9.97 Å². The minimum Gasteiger partial charge on any atom is -0.481 e. The third-order valence-electron chi connectivity index (χ3n) is 1.95. The number of hydrogen-bond donors (Lipinski definition) is 0. The molecule has 0 unspecified atom stereocenters. The highest BCUT2D eigenvalue weighted by Gasteiger charge is 2.17. The predicted octanol–water partition coefficient (Wildman–Crippen LogP) is 2.24. The first-order chi connectivity index (χ1) is 7.31. The molecule has 0 fully saturated rings. The molecule has 1 aromatic heterocycles. The topological polar surface area (TPSA) is 44.2 Å². The standard InChI is InChI=1S/C8H9ClN2O2.C2H6/c1-12-7-5-4-13-3-2-6(5)10-8(9)11-7;1-2/h2-4H2,1H3;1-2H3. The van der Waals surface area contributed by atoms with Crippen molar-refractivity contribution >= 4 is 11.6 Å². The Morgan fingerprint density at radius 2 is 2.07 bits per heavy atom. The summed E-state index contributed by atoms with van der Waals surface area (Å²) >= 11 is 5.72. The van der Waals surface area contributed by atoms with E-state index in [0.717, 1.165) is 17.7 Å². The van der Waals surface area contributed by atoms with E-state index < -0.39 is 0 Å². The van der Waals surface area contributed by atoms with Crippen molar-refractivity contribution in [2.75, 3.05) is 13.7 Å². The van der Waals surface area contributed by atoms with Gasteiger partial charge in [0.1, 0.15) is 0 Å². The monoisotopic (exact) mass is 230 g/mol. The minimum absolute atomic E-state index is 0.234. The van der Waals surface area contributed by atoms with Crippen LogP contribution in [-0.4, -0.2) is 23.7 Å². The second kappa shape index (κ2) is 5.88. The van der Waals surface area contributed by atoms with Crippen LogP contribution in [0.15, 0.2) is 0 Å². The quantitative estimate of drug-likeness (QED) is 0.694. The van der Waals surface area contributed by atoms with Crippen LogP contribution in [0.1, 0.15) is 25.1 Å². The van der Waals surface area contributed by atoms with Gasteiger partial charge in [-0.3, -0.25) is 0 Å². The number of rotatable bonds is 1. The summed E-state index contributed by atoms with van der Waals surface area (Å²) in [6.45, 7) is 5.19. The molecular formula is C10H15ClN2O2. The molecule has 1 aliphatic rings. The van der Waals surface area contributed by atoms with E-state index in [-0.39, 0.29) is 5.28 Å². The lowest BCUT2D eigenvalue weighted by Crippen LogP contribution is -2.14. The molecule has 1 aromatic rings. The average Bonchev–Trinajstić information content (AvgIpc) is 2.30. The lowest BCUT2D eigenvalue weighted by atomic mass is 10.1. The van der Waals surface area contributed by atoms with Crippen LogP contribution < -0.4 is 4.74 Å². The van der Waals surface area contributed by atoms with Crippen LogP contribution in [0, 0.1) is 0 Å². The van der Waals surface area contributed by atoms with Gasteiger partial charge in [-0.25, -0.2) is 4.98 Å². The molecule has 0 saturated heterocycles. The highest BCUT2D eigenvalue weighted by Crippen LogP contribution is 2.24. The largest absolute Gasteiger partial charge is 0.481 e. The number of nitrogens with zero attached hydrogens (tertiary/aromatic N) is 2. The van der Waals surface area contributed by atoms with E-state index in [1.807, 2.05) is 13.8 Å². The molecule has 0 spiro atoms. The molecule has 0 amide bonds. The first-order valence-electron chi connectivity index (χ1n) is 4.98. The van der Waals surface area contributed by atoms with E-state index >= 15 is 0 Å². The van der Waals surface area contributed by atoms with E-state index in [1.165, 1.54) is 0 Å². The Kier molecular flexibility index (Phi) is 4.78. The van der Waals surface area contributed by atoms with Gasteiger partial charge in [0.2, 0.25) is 11.2 Å². The molecule has 2 heterocycles. The first-order valence-corrected chi connectivity index (χ1v) is 5.36. The zero-order valence-electron chi connectivity index (χ0n) is 9.21. The summed E-state index contributed by atoms with van der Waals surface area (Å²) in [7, 11) is 1.56. The van der Waals surface area contributed by atoms with Crippen LogP contribution >= 0.6 is 11.6 Å². The Hall–Kier alpha value is -0.870. The van der Waals surface area contributed by atoms with Crippen LogP contribution in [-0.2, 0) is 17.8 Å². The van der Waals surface area contributed by atoms with Crippen molar-refractivity contribution < 1.29 is 9.47 Å². The molecular weight excluding hydrogens is 216 g/mol. The van der Waals surface area contributed by atoms with Gasteiger partial charge in [0, 0.05) is 6.42 Å². The summed E-state index contributed by atoms with van der Waals surface area (Å²) < 4.78 is 10.4. The number of aromatic nitrogens is 2.